The molecule has 1 fully saturated rings. The van der Waals surface area contributed by atoms with Crippen LogP contribution in [-0.4, -0.2) is 18.0 Å². The summed E-state index contributed by atoms with van der Waals surface area (Å²) in [7, 11) is 0. The molecule has 0 N–H and O–H groups in total. The third-order valence-electron chi connectivity index (χ3n) is 3.45. The lowest BCUT2D eigenvalue weighted by atomic mass is 9.92. The van der Waals surface area contributed by atoms with Crippen molar-refractivity contribution in [2.45, 2.75) is 26.3 Å². The first kappa shape index (κ1) is 11.4. The quantitative estimate of drug-likeness (QED) is 0.698. The van der Waals surface area contributed by atoms with Gasteiger partial charge in [0.2, 0.25) is 0 Å². The highest BCUT2D eigenvalue weighted by Crippen LogP contribution is 2.23. The summed E-state index contributed by atoms with van der Waals surface area (Å²) in [5.74, 6) is 0.706. The third-order valence-corrected chi connectivity index (χ3v) is 3.45. The molecule has 1 aromatic carbocycles. The van der Waals surface area contributed by atoms with Crippen LogP contribution >= 0.6 is 0 Å². The minimum Gasteiger partial charge on any atom is -0.298 e. The second kappa shape index (κ2) is 5.31. The highest BCUT2D eigenvalue weighted by molar-refractivity contribution is 5.14. The number of hydrogen-bond donors (Lipinski definition) is 0. The Hall–Kier alpha value is -1.08. The van der Waals surface area contributed by atoms with Gasteiger partial charge in [-0.3, -0.25) is 4.90 Å². The van der Waals surface area contributed by atoms with Gasteiger partial charge in [-0.1, -0.05) is 42.5 Å². The molecule has 1 heterocycles. The first-order valence-corrected chi connectivity index (χ1v) is 6.17. The normalized spacial score (nSPS) is 21.9. The van der Waals surface area contributed by atoms with Crippen LogP contribution in [-0.2, 0) is 6.54 Å². The van der Waals surface area contributed by atoms with E-state index >= 15 is 0 Å². The Morgan fingerprint density at radius 2 is 2.12 bits per heavy atom. The van der Waals surface area contributed by atoms with E-state index in [1.807, 2.05) is 0 Å². The summed E-state index contributed by atoms with van der Waals surface area (Å²) in [5.41, 5.74) is 2.77. The highest BCUT2D eigenvalue weighted by atomic mass is 15.1. The Labute approximate surface area is 98.8 Å². The van der Waals surface area contributed by atoms with Crippen LogP contribution in [0.5, 0.6) is 0 Å². The van der Waals surface area contributed by atoms with E-state index in [0.717, 1.165) is 6.54 Å². The van der Waals surface area contributed by atoms with Gasteiger partial charge in [0, 0.05) is 13.1 Å². The summed E-state index contributed by atoms with van der Waals surface area (Å²) in [4.78, 5) is 2.55. The molecule has 2 rings (SSSR count). The van der Waals surface area contributed by atoms with Crippen molar-refractivity contribution in [3.63, 3.8) is 0 Å². The molecule has 1 atom stereocenters. The second-order valence-corrected chi connectivity index (χ2v) is 4.91. The molecule has 1 aromatic rings. The van der Waals surface area contributed by atoms with Crippen molar-refractivity contribution < 1.29 is 0 Å². The molecule has 0 amide bonds. The van der Waals surface area contributed by atoms with Crippen molar-refractivity contribution in [1.82, 2.24) is 4.90 Å². The van der Waals surface area contributed by atoms with Crippen LogP contribution in [0.15, 0.2) is 42.5 Å². The zero-order valence-electron chi connectivity index (χ0n) is 10.2. The van der Waals surface area contributed by atoms with Crippen molar-refractivity contribution >= 4 is 0 Å². The summed E-state index contributed by atoms with van der Waals surface area (Å²) in [6.45, 7) is 9.76. The van der Waals surface area contributed by atoms with Gasteiger partial charge < -0.3 is 0 Å². The number of rotatable bonds is 3. The van der Waals surface area contributed by atoms with Gasteiger partial charge in [0.1, 0.15) is 0 Å². The van der Waals surface area contributed by atoms with Gasteiger partial charge in [0.05, 0.1) is 0 Å². The number of piperidine rings is 1. The van der Waals surface area contributed by atoms with E-state index < -0.39 is 0 Å². The fraction of sp³-hybridized carbons (Fsp3) is 0.467. The fourth-order valence-corrected chi connectivity index (χ4v) is 2.44. The third kappa shape index (κ3) is 2.96. The minimum atomic E-state index is 0.706. The lowest BCUT2D eigenvalue weighted by molar-refractivity contribution is 0.184. The Balaban J connectivity index is 1.93. The van der Waals surface area contributed by atoms with E-state index in [2.05, 4.69) is 48.7 Å². The van der Waals surface area contributed by atoms with Gasteiger partial charge in [-0.05, 0) is 37.8 Å². The number of hydrogen-bond acceptors (Lipinski definition) is 1. The molecule has 0 aliphatic carbocycles. The molecule has 1 aliphatic rings. The predicted octanol–water partition coefficient (Wildman–Crippen LogP) is 3.47. The lowest BCUT2D eigenvalue weighted by Crippen LogP contribution is -2.35. The topological polar surface area (TPSA) is 3.24 Å². The standard InChI is InChI=1S/C15H21N/c1-13(2)15-9-6-10-16(12-15)11-14-7-4-3-5-8-14/h3-5,7-8,15H,1,6,9-12H2,2H3. The van der Waals surface area contributed by atoms with Crippen LogP contribution in [0.1, 0.15) is 25.3 Å². The van der Waals surface area contributed by atoms with Crippen LogP contribution in [0.2, 0.25) is 0 Å². The van der Waals surface area contributed by atoms with E-state index in [1.54, 1.807) is 0 Å². The van der Waals surface area contributed by atoms with E-state index in [9.17, 15) is 0 Å². The van der Waals surface area contributed by atoms with Crippen LogP contribution < -0.4 is 0 Å². The Morgan fingerprint density at radius 3 is 2.81 bits per heavy atom. The largest absolute Gasteiger partial charge is 0.298 e. The molecule has 0 spiro atoms. The first-order chi connectivity index (χ1) is 7.75. The van der Waals surface area contributed by atoms with Gasteiger partial charge in [-0.25, -0.2) is 0 Å². The van der Waals surface area contributed by atoms with Gasteiger partial charge in [-0.2, -0.15) is 0 Å². The molecule has 1 saturated heterocycles. The number of likely N-dealkylation sites (tertiary alicyclic amines) is 1. The average molecular weight is 215 g/mol. The van der Waals surface area contributed by atoms with Crippen molar-refractivity contribution in [1.29, 1.82) is 0 Å². The zero-order valence-corrected chi connectivity index (χ0v) is 10.2. The van der Waals surface area contributed by atoms with E-state index in [-0.39, 0.29) is 0 Å². The van der Waals surface area contributed by atoms with Crippen molar-refractivity contribution in [3.05, 3.63) is 48.0 Å². The Bertz CT molecular complexity index is 342. The molecular formula is C15H21N. The predicted molar refractivity (Wildman–Crippen MR) is 69.3 cm³/mol. The summed E-state index contributed by atoms with van der Waals surface area (Å²) in [5, 5.41) is 0. The SMILES string of the molecule is C=C(C)C1CCCN(Cc2ccccc2)C1. The molecule has 1 aliphatic heterocycles. The van der Waals surface area contributed by atoms with Crippen molar-refractivity contribution in [3.8, 4) is 0 Å². The van der Waals surface area contributed by atoms with Crippen LogP contribution in [0.4, 0.5) is 0 Å². The van der Waals surface area contributed by atoms with Gasteiger partial charge in [0.15, 0.2) is 0 Å². The van der Waals surface area contributed by atoms with E-state index in [1.165, 1.54) is 37.1 Å². The monoisotopic (exact) mass is 215 g/mol. The molecule has 1 heteroatoms. The molecule has 0 radical (unpaired) electrons. The molecule has 1 nitrogen and oxygen atoms in total. The molecule has 0 saturated carbocycles. The van der Waals surface area contributed by atoms with Crippen LogP contribution in [0, 0.1) is 5.92 Å². The molecule has 86 valence electrons. The Kier molecular flexibility index (Phi) is 3.79. The first-order valence-electron chi connectivity index (χ1n) is 6.17. The summed E-state index contributed by atoms with van der Waals surface area (Å²) < 4.78 is 0. The fourth-order valence-electron chi connectivity index (χ4n) is 2.44. The zero-order chi connectivity index (χ0) is 11.4. The second-order valence-electron chi connectivity index (χ2n) is 4.91. The average Bonchev–Trinajstić information content (AvgIpc) is 2.30. The maximum absolute atomic E-state index is 4.09. The van der Waals surface area contributed by atoms with Gasteiger partial charge in [0.25, 0.3) is 0 Å². The molecule has 1 unspecified atom stereocenters. The molecule has 0 aromatic heterocycles. The van der Waals surface area contributed by atoms with E-state index in [4.69, 9.17) is 0 Å². The smallest absolute Gasteiger partial charge is 0.0233 e. The summed E-state index contributed by atoms with van der Waals surface area (Å²) >= 11 is 0. The maximum atomic E-state index is 4.09. The molecule has 16 heavy (non-hydrogen) atoms. The molecular weight excluding hydrogens is 194 g/mol. The molecule has 0 bridgehead atoms. The minimum absolute atomic E-state index is 0.706. The van der Waals surface area contributed by atoms with Crippen molar-refractivity contribution in [2.24, 2.45) is 5.92 Å². The van der Waals surface area contributed by atoms with Crippen molar-refractivity contribution in [2.75, 3.05) is 13.1 Å². The van der Waals surface area contributed by atoms with E-state index in [0.29, 0.717) is 5.92 Å². The van der Waals surface area contributed by atoms with Gasteiger partial charge in [-0.15, -0.1) is 0 Å². The lowest BCUT2D eigenvalue weighted by Gasteiger charge is -2.33. The number of nitrogens with zero attached hydrogens (tertiary/aromatic N) is 1. The summed E-state index contributed by atoms with van der Waals surface area (Å²) in [6, 6.07) is 10.7. The van der Waals surface area contributed by atoms with Crippen LogP contribution in [0.3, 0.4) is 0 Å². The van der Waals surface area contributed by atoms with Crippen LogP contribution in [0.25, 0.3) is 0 Å². The number of benzene rings is 1. The maximum Gasteiger partial charge on any atom is 0.0233 e. The Morgan fingerprint density at radius 1 is 1.38 bits per heavy atom. The highest BCUT2D eigenvalue weighted by Gasteiger charge is 2.19. The van der Waals surface area contributed by atoms with Gasteiger partial charge >= 0.3 is 0 Å². The summed E-state index contributed by atoms with van der Waals surface area (Å²) in [6.07, 6.45) is 2.63.